The van der Waals surface area contributed by atoms with Crippen molar-refractivity contribution >= 4 is 11.3 Å². The van der Waals surface area contributed by atoms with Crippen molar-refractivity contribution in [3.8, 4) is 5.75 Å². The van der Waals surface area contributed by atoms with Crippen molar-refractivity contribution < 1.29 is 9.66 Å². The van der Waals surface area contributed by atoms with Crippen molar-refractivity contribution in [1.29, 1.82) is 0 Å². The van der Waals surface area contributed by atoms with E-state index in [4.69, 9.17) is 4.74 Å². The first-order valence-electron chi connectivity index (χ1n) is 7.38. The molecule has 0 radical (unpaired) electrons. The van der Waals surface area contributed by atoms with Crippen LogP contribution in [0, 0.1) is 17.0 Å². The summed E-state index contributed by atoms with van der Waals surface area (Å²) < 4.78 is 5.75. The number of hydrogen-bond acceptors (Lipinski definition) is 4. The van der Waals surface area contributed by atoms with Crippen LogP contribution in [0.2, 0.25) is 0 Å². The monoisotopic (exact) mass is 288 g/mol. The normalized spacial score (nSPS) is 19.2. The molecule has 5 nitrogen and oxygen atoms in total. The van der Waals surface area contributed by atoms with Gasteiger partial charge in [-0.3, -0.25) is 10.1 Å². The third kappa shape index (κ3) is 3.08. The van der Waals surface area contributed by atoms with Gasteiger partial charge >= 0.3 is 5.69 Å². The molecule has 0 spiro atoms. The molecule has 5 heteroatoms. The highest BCUT2D eigenvalue weighted by molar-refractivity contribution is 5.72. The Morgan fingerprint density at radius 3 is 2.71 bits per heavy atom. The molecule has 21 heavy (non-hydrogen) atoms. The number of hydrogen-bond donors (Lipinski definition) is 0. The minimum Gasteiger partial charge on any atom is -0.483 e. The summed E-state index contributed by atoms with van der Waals surface area (Å²) in [5.74, 6) is 0.419. The Morgan fingerprint density at radius 1 is 1.38 bits per heavy atom. The van der Waals surface area contributed by atoms with E-state index in [1.807, 2.05) is 13.0 Å². The van der Waals surface area contributed by atoms with Gasteiger partial charge in [0.05, 0.1) is 11.0 Å². The van der Waals surface area contributed by atoms with Gasteiger partial charge in [-0.1, -0.05) is 6.08 Å². The number of benzene rings is 1. The molecule has 1 aromatic carbocycles. The van der Waals surface area contributed by atoms with Crippen molar-refractivity contribution in [2.45, 2.75) is 32.3 Å². The topological polar surface area (TPSA) is 55.6 Å². The molecule has 0 amide bonds. The standard InChI is InChI=1S/C16H20N2O3/c1-11-9-15(18(19)20)16(21-13-3-4-13)10-14(11)12-5-7-17(2)8-6-12/h5,9-10,13H,3-4,6-8H2,1-2H3. The molecule has 0 N–H and O–H groups in total. The van der Waals surface area contributed by atoms with Crippen LogP contribution < -0.4 is 4.74 Å². The van der Waals surface area contributed by atoms with Crippen LogP contribution in [0.25, 0.3) is 5.57 Å². The Kier molecular flexibility index (Phi) is 3.68. The lowest BCUT2D eigenvalue weighted by Gasteiger charge is -2.23. The highest BCUT2D eigenvalue weighted by atomic mass is 16.6. The number of ether oxygens (including phenoxy) is 1. The van der Waals surface area contributed by atoms with E-state index < -0.39 is 0 Å². The van der Waals surface area contributed by atoms with Crippen LogP contribution in [0.15, 0.2) is 18.2 Å². The Labute approximate surface area is 124 Å². The van der Waals surface area contributed by atoms with Gasteiger partial charge in [0.25, 0.3) is 0 Å². The Hall–Kier alpha value is -1.88. The quantitative estimate of drug-likeness (QED) is 0.631. The molecule has 0 unspecified atom stereocenters. The number of rotatable bonds is 4. The third-order valence-electron chi connectivity index (χ3n) is 4.08. The molecule has 1 saturated carbocycles. The lowest BCUT2D eigenvalue weighted by Crippen LogP contribution is -2.23. The summed E-state index contributed by atoms with van der Waals surface area (Å²) in [6.07, 6.45) is 5.32. The fourth-order valence-corrected chi connectivity index (χ4v) is 2.64. The largest absolute Gasteiger partial charge is 0.483 e. The summed E-state index contributed by atoms with van der Waals surface area (Å²) in [7, 11) is 2.09. The van der Waals surface area contributed by atoms with E-state index in [1.54, 1.807) is 6.07 Å². The second-order valence-corrected chi connectivity index (χ2v) is 5.95. The summed E-state index contributed by atoms with van der Waals surface area (Å²) in [6, 6.07) is 3.51. The van der Waals surface area contributed by atoms with Crippen LogP contribution in [0.5, 0.6) is 5.75 Å². The zero-order valence-electron chi connectivity index (χ0n) is 12.5. The molecule has 112 valence electrons. The van der Waals surface area contributed by atoms with Crippen molar-refractivity contribution in [3.05, 3.63) is 39.4 Å². The predicted octanol–water partition coefficient (Wildman–Crippen LogP) is 3.16. The molecule has 1 aromatic rings. The van der Waals surface area contributed by atoms with Crippen LogP contribution in [0.3, 0.4) is 0 Å². The molecule has 0 bridgehead atoms. The van der Waals surface area contributed by atoms with Crippen LogP contribution in [0.4, 0.5) is 5.69 Å². The van der Waals surface area contributed by atoms with E-state index in [2.05, 4.69) is 18.0 Å². The molecule has 2 aliphatic rings. The smallest absolute Gasteiger partial charge is 0.311 e. The molecule has 0 atom stereocenters. The van der Waals surface area contributed by atoms with Crippen LogP contribution in [0.1, 0.15) is 30.4 Å². The van der Waals surface area contributed by atoms with Gasteiger partial charge in [-0.2, -0.15) is 0 Å². The zero-order chi connectivity index (χ0) is 15.0. The highest BCUT2D eigenvalue weighted by Crippen LogP contribution is 2.38. The van der Waals surface area contributed by atoms with E-state index >= 15 is 0 Å². The number of nitro benzene ring substituents is 1. The Bertz CT molecular complexity index is 606. The summed E-state index contributed by atoms with van der Waals surface area (Å²) in [5, 5.41) is 11.2. The molecule has 1 heterocycles. The van der Waals surface area contributed by atoms with Crippen molar-refractivity contribution in [1.82, 2.24) is 4.90 Å². The van der Waals surface area contributed by atoms with Gasteiger partial charge < -0.3 is 9.64 Å². The average Bonchev–Trinajstić information content (AvgIpc) is 3.25. The Balaban J connectivity index is 1.98. The fraction of sp³-hybridized carbons (Fsp3) is 0.500. The molecular formula is C16H20N2O3. The first-order chi connectivity index (χ1) is 10.0. The van der Waals surface area contributed by atoms with E-state index in [9.17, 15) is 10.1 Å². The van der Waals surface area contributed by atoms with Gasteiger partial charge in [0.15, 0.2) is 5.75 Å². The van der Waals surface area contributed by atoms with Crippen molar-refractivity contribution in [2.24, 2.45) is 0 Å². The first-order valence-corrected chi connectivity index (χ1v) is 7.38. The van der Waals surface area contributed by atoms with E-state index in [-0.39, 0.29) is 16.7 Å². The molecule has 3 rings (SSSR count). The number of aryl methyl sites for hydroxylation is 1. The Morgan fingerprint density at radius 2 is 2.14 bits per heavy atom. The predicted molar refractivity (Wildman–Crippen MR) is 81.6 cm³/mol. The molecular weight excluding hydrogens is 268 g/mol. The van der Waals surface area contributed by atoms with Gasteiger partial charge in [0, 0.05) is 19.2 Å². The maximum absolute atomic E-state index is 11.2. The van der Waals surface area contributed by atoms with E-state index in [0.717, 1.165) is 43.5 Å². The maximum atomic E-state index is 11.2. The molecule has 0 saturated heterocycles. The summed E-state index contributed by atoms with van der Waals surface area (Å²) in [4.78, 5) is 13.1. The van der Waals surface area contributed by atoms with Gasteiger partial charge in [-0.15, -0.1) is 0 Å². The number of nitrogens with zero attached hydrogens (tertiary/aromatic N) is 2. The average molecular weight is 288 g/mol. The maximum Gasteiger partial charge on any atom is 0.311 e. The highest BCUT2D eigenvalue weighted by Gasteiger charge is 2.28. The van der Waals surface area contributed by atoms with E-state index in [0.29, 0.717) is 5.75 Å². The zero-order valence-corrected chi connectivity index (χ0v) is 12.5. The number of nitro groups is 1. The summed E-state index contributed by atoms with van der Waals surface area (Å²) >= 11 is 0. The molecule has 0 aromatic heterocycles. The minimum atomic E-state index is -0.350. The van der Waals surface area contributed by atoms with Crippen LogP contribution in [-0.2, 0) is 0 Å². The second-order valence-electron chi connectivity index (χ2n) is 5.95. The molecule has 1 aliphatic heterocycles. The second kappa shape index (κ2) is 5.48. The summed E-state index contributed by atoms with van der Waals surface area (Å²) in [6.45, 7) is 3.87. The summed E-state index contributed by atoms with van der Waals surface area (Å²) in [5.41, 5.74) is 3.38. The van der Waals surface area contributed by atoms with Gasteiger partial charge in [0.1, 0.15) is 0 Å². The van der Waals surface area contributed by atoms with Gasteiger partial charge in [-0.25, -0.2) is 0 Å². The molecule has 1 aliphatic carbocycles. The van der Waals surface area contributed by atoms with Crippen LogP contribution in [-0.4, -0.2) is 36.1 Å². The fourth-order valence-electron chi connectivity index (χ4n) is 2.64. The van der Waals surface area contributed by atoms with Crippen molar-refractivity contribution in [3.63, 3.8) is 0 Å². The SMILES string of the molecule is Cc1cc([N+](=O)[O-])c(OC2CC2)cc1C1=CCN(C)CC1. The first kappa shape index (κ1) is 14.1. The lowest BCUT2D eigenvalue weighted by molar-refractivity contribution is -0.386. The van der Waals surface area contributed by atoms with Crippen molar-refractivity contribution in [2.75, 3.05) is 20.1 Å². The minimum absolute atomic E-state index is 0.0803. The third-order valence-corrected chi connectivity index (χ3v) is 4.08. The number of likely N-dealkylation sites (N-methyl/N-ethyl adjacent to an activating group) is 1. The van der Waals surface area contributed by atoms with Crippen LogP contribution >= 0.6 is 0 Å². The van der Waals surface area contributed by atoms with E-state index in [1.165, 1.54) is 5.57 Å². The van der Waals surface area contributed by atoms with Gasteiger partial charge in [-0.05, 0) is 56.0 Å². The lowest BCUT2D eigenvalue weighted by atomic mass is 9.95. The van der Waals surface area contributed by atoms with Gasteiger partial charge in [0.2, 0.25) is 0 Å². The molecule has 1 fully saturated rings.